The Balaban J connectivity index is 1.71. The highest BCUT2D eigenvalue weighted by Crippen LogP contribution is 2.24. The number of nitrogens with zero attached hydrogens (tertiary/aromatic N) is 1. The Hall–Kier alpha value is -3.32. The number of rotatable bonds is 9. The average molecular weight is 453 g/mol. The van der Waals surface area contributed by atoms with Crippen LogP contribution in [-0.2, 0) is 21.4 Å². The predicted molar refractivity (Wildman–Crippen MR) is 128 cm³/mol. The molecule has 0 heterocycles. The van der Waals surface area contributed by atoms with Gasteiger partial charge in [-0.25, -0.2) is 8.42 Å². The highest BCUT2D eigenvalue weighted by atomic mass is 32.2. The van der Waals surface area contributed by atoms with Gasteiger partial charge < -0.3 is 10.1 Å². The lowest BCUT2D eigenvalue weighted by atomic mass is 10.1. The topological polar surface area (TPSA) is 75.7 Å². The maximum atomic E-state index is 13.0. The monoisotopic (exact) mass is 452 g/mol. The molecule has 0 aromatic heterocycles. The Kier molecular flexibility index (Phi) is 7.53. The second kappa shape index (κ2) is 10.3. The van der Waals surface area contributed by atoms with E-state index in [1.54, 1.807) is 43.3 Å². The number of anilines is 2. The Morgan fingerprint density at radius 3 is 2.16 bits per heavy atom. The molecule has 0 fully saturated rings. The van der Waals surface area contributed by atoms with E-state index in [-0.39, 0.29) is 0 Å². The van der Waals surface area contributed by atoms with E-state index in [0.29, 0.717) is 30.2 Å². The van der Waals surface area contributed by atoms with Crippen LogP contribution in [0, 0.1) is 6.92 Å². The zero-order valence-electron chi connectivity index (χ0n) is 18.5. The lowest BCUT2D eigenvalue weighted by Gasteiger charge is -2.30. The molecule has 6 nitrogen and oxygen atoms in total. The first-order chi connectivity index (χ1) is 15.3. The molecular formula is C25H28N2O4S. The van der Waals surface area contributed by atoms with Crippen LogP contribution in [0.15, 0.2) is 78.9 Å². The third-order valence-electron chi connectivity index (χ3n) is 4.99. The van der Waals surface area contributed by atoms with Crippen molar-refractivity contribution in [3.8, 4) is 5.75 Å². The van der Waals surface area contributed by atoms with Gasteiger partial charge in [0.1, 0.15) is 18.4 Å². The summed E-state index contributed by atoms with van der Waals surface area (Å²) in [5.74, 6) is 0.285. The fourth-order valence-electron chi connectivity index (χ4n) is 3.35. The molecule has 1 amide bonds. The first-order valence-electron chi connectivity index (χ1n) is 10.4. The summed E-state index contributed by atoms with van der Waals surface area (Å²) < 4.78 is 32.0. The van der Waals surface area contributed by atoms with Gasteiger partial charge in [0.15, 0.2) is 0 Å². The number of ether oxygens (including phenoxy) is 1. The average Bonchev–Trinajstić information content (AvgIpc) is 2.77. The molecule has 0 radical (unpaired) electrons. The molecule has 0 spiro atoms. The summed E-state index contributed by atoms with van der Waals surface area (Å²) >= 11 is 0. The predicted octanol–water partition coefficient (Wildman–Crippen LogP) is 4.76. The molecule has 7 heteroatoms. The summed E-state index contributed by atoms with van der Waals surface area (Å²) in [5.41, 5.74) is 3.10. The Morgan fingerprint density at radius 2 is 1.59 bits per heavy atom. The van der Waals surface area contributed by atoms with Gasteiger partial charge in [-0.15, -0.1) is 0 Å². The zero-order valence-corrected chi connectivity index (χ0v) is 19.3. The summed E-state index contributed by atoms with van der Waals surface area (Å²) in [6.45, 7) is 4.16. The molecule has 0 bridgehead atoms. The highest BCUT2D eigenvalue weighted by Gasteiger charge is 2.31. The number of carbonyl (C=O) groups excluding carboxylic acids is 1. The Bertz CT molecular complexity index is 1130. The minimum absolute atomic E-state index is 0.324. The van der Waals surface area contributed by atoms with E-state index < -0.39 is 22.0 Å². The van der Waals surface area contributed by atoms with Gasteiger partial charge in [-0.05, 0) is 55.3 Å². The summed E-state index contributed by atoms with van der Waals surface area (Å²) in [7, 11) is -3.67. The number of hydrogen-bond acceptors (Lipinski definition) is 4. The number of benzene rings is 3. The summed E-state index contributed by atoms with van der Waals surface area (Å²) in [6, 6.07) is 23.1. The van der Waals surface area contributed by atoms with E-state index in [9.17, 15) is 13.2 Å². The second-order valence-electron chi connectivity index (χ2n) is 7.61. The van der Waals surface area contributed by atoms with Gasteiger partial charge in [-0.1, -0.05) is 55.0 Å². The van der Waals surface area contributed by atoms with E-state index in [2.05, 4.69) is 5.32 Å². The number of aryl methyl sites for hydroxylation is 1. The van der Waals surface area contributed by atoms with Crippen molar-refractivity contribution < 1.29 is 17.9 Å². The van der Waals surface area contributed by atoms with Crippen molar-refractivity contribution >= 4 is 27.3 Å². The largest absolute Gasteiger partial charge is 0.489 e. The molecule has 1 atom stereocenters. The van der Waals surface area contributed by atoms with Crippen molar-refractivity contribution in [1.82, 2.24) is 0 Å². The van der Waals surface area contributed by atoms with Crippen LogP contribution in [-0.4, -0.2) is 26.6 Å². The fraction of sp³-hybridized carbons (Fsp3) is 0.240. The van der Waals surface area contributed by atoms with E-state index in [1.165, 1.54) is 4.31 Å². The smallest absolute Gasteiger partial charge is 0.248 e. The van der Waals surface area contributed by atoms with Crippen LogP contribution >= 0.6 is 0 Å². The lowest BCUT2D eigenvalue weighted by Crippen LogP contribution is -2.47. The standard InChI is InChI=1S/C25H28N2O4S/c1-4-24(27(32(3,29)30)22-14-10-19(2)11-15-22)25(28)26-21-12-16-23(17-13-21)31-18-20-8-6-5-7-9-20/h5-17,24H,4,18H2,1-3H3,(H,26,28). The van der Waals surface area contributed by atoms with Crippen molar-refractivity contribution in [2.75, 3.05) is 15.9 Å². The van der Waals surface area contributed by atoms with Gasteiger partial charge in [0.25, 0.3) is 0 Å². The minimum Gasteiger partial charge on any atom is -0.489 e. The number of hydrogen-bond donors (Lipinski definition) is 1. The number of nitrogens with one attached hydrogen (secondary N) is 1. The normalized spacial score (nSPS) is 12.1. The SMILES string of the molecule is CCC(C(=O)Nc1ccc(OCc2ccccc2)cc1)N(c1ccc(C)cc1)S(C)(=O)=O. The van der Waals surface area contributed by atoms with E-state index >= 15 is 0 Å². The molecule has 0 aliphatic rings. The molecule has 3 rings (SSSR count). The maximum absolute atomic E-state index is 13.0. The quantitative estimate of drug-likeness (QED) is 0.508. The van der Waals surface area contributed by atoms with Crippen molar-refractivity contribution in [3.05, 3.63) is 90.0 Å². The zero-order chi connectivity index (χ0) is 23.1. The van der Waals surface area contributed by atoms with Gasteiger partial charge in [-0.2, -0.15) is 0 Å². The third-order valence-corrected chi connectivity index (χ3v) is 6.17. The summed E-state index contributed by atoms with van der Waals surface area (Å²) in [6.07, 6.45) is 1.44. The maximum Gasteiger partial charge on any atom is 0.248 e. The second-order valence-corrected chi connectivity index (χ2v) is 9.47. The number of carbonyl (C=O) groups is 1. The van der Waals surface area contributed by atoms with E-state index in [0.717, 1.165) is 17.4 Å². The summed E-state index contributed by atoms with van der Waals surface area (Å²) in [4.78, 5) is 13.0. The molecule has 1 unspecified atom stereocenters. The molecule has 3 aromatic rings. The summed E-state index contributed by atoms with van der Waals surface area (Å²) in [5, 5.41) is 2.83. The number of amides is 1. The molecule has 0 aliphatic heterocycles. The molecule has 0 saturated heterocycles. The van der Waals surface area contributed by atoms with Crippen molar-refractivity contribution in [1.29, 1.82) is 0 Å². The Labute approximate surface area is 189 Å². The van der Waals surface area contributed by atoms with Crippen LogP contribution in [0.5, 0.6) is 5.75 Å². The molecule has 1 N–H and O–H groups in total. The minimum atomic E-state index is -3.67. The molecule has 168 valence electrons. The fourth-order valence-corrected chi connectivity index (χ4v) is 4.56. The van der Waals surface area contributed by atoms with E-state index in [4.69, 9.17) is 4.74 Å². The van der Waals surface area contributed by atoms with Crippen molar-refractivity contribution in [3.63, 3.8) is 0 Å². The molecule has 0 saturated carbocycles. The van der Waals surface area contributed by atoms with Gasteiger partial charge in [0, 0.05) is 5.69 Å². The molecule has 32 heavy (non-hydrogen) atoms. The molecule has 0 aliphatic carbocycles. The third kappa shape index (κ3) is 6.11. The van der Waals surface area contributed by atoms with Gasteiger partial charge in [0.2, 0.25) is 15.9 Å². The van der Waals surface area contributed by atoms with Crippen molar-refractivity contribution in [2.24, 2.45) is 0 Å². The highest BCUT2D eigenvalue weighted by molar-refractivity contribution is 7.92. The lowest BCUT2D eigenvalue weighted by molar-refractivity contribution is -0.117. The molecule has 3 aromatic carbocycles. The van der Waals surface area contributed by atoms with Gasteiger partial charge in [0.05, 0.1) is 11.9 Å². The van der Waals surface area contributed by atoms with Gasteiger partial charge in [-0.3, -0.25) is 9.10 Å². The van der Waals surface area contributed by atoms with Crippen LogP contribution in [0.3, 0.4) is 0 Å². The van der Waals surface area contributed by atoms with Crippen LogP contribution in [0.2, 0.25) is 0 Å². The first-order valence-corrected chi connectivity index (χ1v) is 12.3. The van der Waals surface area contributed by atoms with Gasteiger partial charge >= 0.3 is 0 Å². The van der Waals surface area contributed by atoms with Crippen LogP contribution in [0.25, 0.3) is 0 Å². The van der Waals surface area contributed by atoms with Crippen LogP contribution in [0.1, 0.15) is 24.5 Å². The first kappa shape index (κ1) is 23.3. The van der Waals surface area contributed by atoms with Crippen LogP contribution in [0.4, 0.5) is 11.4 Å². The number of sulfonamides is 1. The van der Waals surface area contributed by atoms with Crippen molar-refractivity contribution in [2.45, 2.75) is 32.9 Å². The van der Waals surface area contributed by atoms with Crippen LogP contribution < -0.4 is 14.4 Å². The Morgan fingerprint density at radius 1 is 0.969 bits per heavy atom. The molecular weight excluding hydrogens is 424 g/mol. The van der Waals surface area contributed by atoms with E-state index in [1.807, 2.05) is 49.4 Å².